The first-order chi connectivity index (χ1) is 8.08. The van der Waals surface area contributed by atoms with Gasteiger partial charge in [-0.3, -0.25) is 4.79 Å². The van der Waals surface area contributed by atoms with E-state index in [1.807, 2.05) is 0 Å². The fourth-order valence-corrected chi connectivity index (χ4v) is 1.53. The topological polar surface area (TPSA) is 49.4 Å². The molecule has 4 nitrogen and oxygen atoms in total. The third-order valence-corrected chi connectivity index (χ3v) is 2.78. The highest BCUT2D eigenvalue weighted by atomic mass is 16.2. The molecular weight excluding hydrogens is 216 g/mol. The zero-order valence-corrected chi connectivity index (χ0v) is 10.1. The number of Topliss-reactive ketones (excluding diaryl/α,β-unsaturated/α-hetero) is 1. The fraction of sp³-hybridized carbons (Fsp3) is 0.385. The summed E-state index contributed by atoms with van der Waals surface area (Å²) in [6, 6.07) is 6.89. The molecule has 0 unspecified atom stereocenters. The molecule has 90 valence electrons. The SMILES string of the molecule is CN(C)C(=O)Nc1ccc(C(=O)C2CC2)cc1. The molecule has 0 bridgehead atoms. The van der Waals surface area contributed by atoms with E-state index in [2.05, 4.69) is 5.32 Å². The highest BCUT2D eigenvalue weighted by Gasteiger charge is 2.30. The lowest BCUT2D eigenvalue weighted by Crippen LogP contribution is -2.27. The minimum absolute atomic E-state index is 0.175. The second kappa shape index (κ2) is 4.57. The quantitative estimate of drug-likeness (QED) is 0.813. The van der Waals surface area contributed by atoms with Crippen LogP contribution in [-0.2, 0) is 0 Å². The first-order valence-electron chi connectivity index (χ1n) is 5.70. The lowest BCUT2D eigenvalue weighted by molar-refractivity contribution is 0.0967. The van der Waals surface area contributed by atoms with Crippen molar-refractivity contribution >= 4 is 17.5 Å². The van der Waals surface area contributed by atoms with Gasteiger partial charge >= 0.3 is 6.03 Å². The molecule has 1 fully saturated rings. The number of amides is 2. The van der Waals surface area contributed by atoms with Gasteiger partial charge in [-0.2, -0.15) is 0 Å². The average molecular weight is 232 g/mol. The molecule has 1 N–H and O–H groups in total. The zero-order valence-electron chi connectivity index (χ0n) is 10.1. The van der Waals surface area contributed by atoms with Crippen LogP contribution in [0.4, 0.5) is 10.5 Å². The lowest BCUT2D eigenvalue weighted by atomic mass is 10.1. The number of urea groups is 1. The summed E-state index contributed by atoms with van der Waals surface area (Å²) in [5.74, 6) is 0.452. The number of benzene rings is 1. The van der Waals surface area contributed by atoms with E-state index in [0.29, 0.717) is 5.69 Å². The maximum absolute atomic E-state index is 11.8. The van der Waals surface area contributed by atoms with E-state index in [9.17, 15) is 9.59 Å². The van der Waals surface area contributed by atoms with Crippen LogP contribution in [0.25, 0.3) is 0 Å². The van der Waals surface area contributed by atoms with Crippen molar-refractivity contribution < 1.29 is 9.59 Å². The van der Waals surface area contributed by atoms with E-state index < -0.39 is 0 Å². The van der Waals surface area contributed by atoms with E-state index in [0.717, 1.165) is 18.4 Å². The average Bonchev–Trinajstić information content (AvgIpc) is 3.13. The number of carbonyl (C=O) groups excluding carboxylic acids is 2. The lowest BCUT2D eigenvalue weighted by Gasteiger charge is -2.12. The summed E-state index contributed by atoms with van der Waals surface area (Å²) in [7, 11) is 3.36. The van der Waals surface area contributed by atoms with Crippen molar-refractivity contribution in [1.29, 1.82) is 0 Å². The van der Waals surface area contributed by atoms with Crippen LogP contribution in [0.15, 0.2) is 24.3 Å². The molecule has 0 spiro atoms. The van der Waals surface area contributed by atoms with Crippen LogP contribution in [0.2, 0.25) is 0 Å². The molecule has 0 aromatic heterocycles. The Morgan fingerprint density at radius 2 is 1.76 bits per heavy atom. The van der Waals surface area contributed by atoms with E-state index in [-0.39, 0.29) is 17.7 Å². The van der Waals surface area contributed by atoms with Crippen LogP contribution in [0.5, 0.6) is 0 Å². The third kappa shape index (κ3) is 2.84. The third-order valence-electron chi connectivity index (χ3n) is 2.78. The Labute approximate surface area is 101 Å². The Morgan fingerprint density at radius 3 is 2.24 bits per heavy atom. The summed E-state index contributed by atoms with van der Waals surface area (Å²) in [4.78, 5) is 24.6. The highest BCUT2D eigenvalue weighted by molar-refractivity contribution is 5.99. The van der Waals surface area contributed by atoms with Crippen molar-refractivity contribution in [3.63, 3.8) is 0 Å². The summed E-state index contributed by atoms with van der Waals surface area (Å²) in [5.41, 5.74) is 1.44. The summed E-state index contributed by atoms with van der Waals surface area (Å²) in [6.45, 7) is 0. The fourth-order valence-electron chi connectivity index (χ4n) is 1.53. The van der Waals surface area contributed by atoms with Crippen LogP contribution in [0.3, 0.4) is 0 Å². The predicted molar refractivity (Wildman–Crippen MR) is 66.2 cm³/mol. The number of carbonyl (C=O) groups is 2. The summed E-state index contributed by atoms with van der Waals surface area (Å²) < 4.78 is 0. The van der Waals surface area contributed by atoms with Crippen LogP contribution in [-0.4, -0.2) is 30.8 Å². The standard InChI is InChI=1S/C13H16N2O2/c1-15(2)13(17)14-11-7-5-10(6-8-11)12(16)9-3-4-9/h5-9H,3-4H2,1-2H3,(H,14,17). The largest absolute Gasteiger partial charge is 0.331 e. The number of hydrogen-bond donors (Lipinski definition) is 1. The van der Waals surface area contributed by atoms with E-state index in [1.165, 1.54) is 4.90 Å². The number of hydrogen-bond acceptors (Lipinski definition) is 2. The molecule has 1 aliphatic rings. The van der Waals surface area contributed by atoms with Gasteiger partial charge in [-0.05, 0) is 37.1 Å². The van der Waals surface area contributed by atoms with Gasteiger partial charge in [0.25, 0.3) is 0 Å². The van der Waals surface area contributed by atoms with Crippen LogP contribution in [0, 0.1) is 5.92 Å². The van der Waals surface area contributed by atoms with Gasteiger partial charge in [0.1, 0.15) is 0 Å². The molecule has 0 atom stereocenters. The van der Waals surface area contributed by atoms with Crippen molar-refractivity contribution in [2.45, 2.75) is 12.8 Å². The molecule has 1 aromatic rings. The van der Waals surface area contributed by atoms with Gasteiger partial charge in [-0.25, -0.2) is 4.79 Å². The zero-order chi connectivity index (χ0) is 12.4. The second-order valence-corrected chi connectivity index (χ2v) is 4.54. The Kier molecular flexibility index (Phi) is 3.13. The van der Waals surface area contributed by atoms with Gasteiger partial charge in [0.2, 0.25) is 0 Å². The number of nitrogens with one attached hydrogen (secondary N) is 1. The first kappa shape index (κ1) is 11.6. The van der Waals surface area contributed by atoms with Crippen molar-refractivity contribution in [3.8, 4) is 0 Å². The normalized spacial score (nSPS) is 14.2. The number of anilines is 1. The van der Waals surface area contributed by atoms with Crippen molar-refractivity contribution in [2.75, 3.05) is 19.4 Å². The molecule has 1 aromatic carbocycles. The number of ketones is 1. The van der Waals surface area contributed by atoms with Gasteiger partial charge in [0.05, 0.1) is 0 Å². The van der Waals surface area contributed by atoms with Crippen LogP contribution >= 0.6 is 0 Å². The molecule has 0 aliphatic heterocycles. The van der Waals surface area contributed by atoms with Crippen molar-refractivity contribution in [2.24, 2.45) is 5.92 Å². The summed E-state index contributed by atoms with van der Waals surface area (Å²) >= 11 is 0. The Morgan fingerprint density at radius 1 is 1.18 bits per heavy atom. The Hall–Kier alpha value is -1.84. The Bertz CT molecular complexity index is 433. The second-order valence-electron chi connectivity index (χ2n) is 4.54. The summed E-state index contributed by atoms with van der Waals surface area (Å²) in [5, 5.41) is 2.73. The molecule has 4 heteroatoms. The van der Waals surface area contributed by atoms with Crippen molar-refractivity contribution in [1.82, 2.24) is 4.90 Å². The maximum Gasteiger partial charge on any atom is 0.321 e. The number of rotatable bonds is 3. The van der Waals surface area contributed by atoms with Crippen LogP contribution < -0.4 is 5.32 Å². The molecule has 1 aliphatic carbocycles. The molecule has 2 rings (SSSR count). The summed E-state index contributed by atoms with van der Waals surface area (Å²) in [6.07, 6.45) is 2.02. The molecule has 0 heterocycles. The van der Waals surface area contributed by atoms with Gasteiger partial charge < -0.3 is 10.2 Å². The smallest absolute Gasteiger partial charge is 0.321 e. The Balaban J connectivity index is 2.02. The molecule has 17 heavy (non-hydrogen) atoms. The first-order valence-corrected chi connectivity index (χ1v) is 5.70. The van der Waals surface area contributed by atoms with Gasteiger partial charge in [-0.1, -0.05) is 0 Å². The van der Waals surface area contributed by atoms with Crippen molar-refractivity contribution in [3.05, 3.63) is 29.8 Å². The monoisotopic (exact) mass is 232 g/mol. The molecule has 2 amide bonds. The molecule has 1 saturated carbocycles. The van der Waals surface area contributed by atoms with Crippen LogP contribution in [0.1, 0.15) is 23.2 Å². The van der Waals surface area contributed by atoms with Gasteiger partial charge in [0, 0.05) is 31.3 Å². The highest BCUT2D eigenvalue weighted by Crippen LogP contribution is 2.32. The maximum atomic E-state index is 11.8. The molecule has 0 saturated heterocycles. The predicted octanol–water partition coefficient (Wildman–Crippen LogP) is 2.37. The van der Waals surface area contributed by atoms with E-state index >= 15 is 0 Å². The van der Waals surface area contributed by atoms with E-state index in [1.54, 1.807) is 38.4 Å². The number of nitrogens with zero attached hydrogens (tertiary/aromatic N) is 1. The molecule has 0 radical (unpaired) electrons. The minimum Gasteiger partial charge on any atom is -0.331 e. The molecular formula is C13H16N2O2. The van der Waals surface area contributed by atoms with Gasteiger partial charge in [-0.15, -0.1) is 0 Å². The minimum atomic E-state index is -0.175. The van der Waals surface area contributed by atoms with Gasteiger partial charge in [0.15, 0.2) is 5.78 Å². The van der Waals surface area contributed by atoms with E-state index in [4.69, 9.17) is 0 Å².